The van der Waals surface area contributed by atoms with E-state index < -0.39 is 0 Å². The van der Waals surface area contributed by atoms with Crippen LogP contribution in [0.5, 0.6) is 0 Å². The molecule has 1 atom stereocenters. The second-order valence-electron chi connectivity index (χ2n) is 3.10. The summed E-state index contributed by atoms with van der Waals surface area (Å²) < 4.78 is 0. The highest BCUT2D eigenvalue weighted by molar-refractivity contribution is 7.15. The highest BCUT2D eigenvalue weighted by Crippen LogP contribution is 2.22. The van der Waals surface area contributed by atoms with E-state index in [0.29, 0.717) is 6.04 Å². The Morgan fingerprint density at radius 1 is 1.58 bits per heavy atom. The van der Waals surface area contributed by atoms with Crippen LogP contribution in [0.25, 0.3) is 0 Å². The number of aryl methyl sites for hydroxylation is 1. The van der Waals surface area contributed by atoms with Crippen LogP contribution in [0, 0.1) is 6.92 Å². The molecule has 1 aromatic rings. The van der Waals surface area contributed by atoms with E-state index in [-0.39, 0.29) is 0 Å². The Morgan fingerprint density at radius 3 is 2.92 bits per heavy atom. The van der Waals surface area contributed by atoms with Crippen LogP contribution < -0.4 is 10.6 Å². The summed E-state index contributed by atoms with van der Waals surface area (Å²) in [5.41, 5.74) is 5.78. The third kappa shape index (κ3) is 1.42. The Morgan fingerprint density at radius 2 is 2.42 bits per heavy atom. The molecule has 0 saturated carbocycles. The van der Waals surface area contributed by atoms with E-state index in [2.05, 4.69) is 15.1 Å². The van der Waals surface area contributed by atoms with Gasteiger partial charge in [-0.15, -0.1) is 10.2 Å². The lowest BCUT2D eigenvalue weighted by atomic mass is 10.3. The molecule has 66 valence electrons. The molecule has 1 aliphatic heterocycles. The van der Waals surface area contributed by atoms with Crippen LogP contribution in [0.4, 0.5) is 5.13 Å². The van der Waals surface area contributed by atoms with Crippen molar-refractivity contribution in [2.24, 2.45) is 5.73 Å². The first kappa shape index (κ1) is 7.94. The summed E-state index contributed by atoms with van der Waals surface area (Å²) in [7, 11) is 0. The molecule has 12 heavy (non-hydrogen) atoms. The van der Waals surface area contributed by atoms with Crippen molar-refractivity contribution >= 4 is 16.5 Å². The van der Waals surface area contributed by atoms with Crippen molar-refractivity contribution in [3.63, 3.8) is 0 Å². The lowest BCUT2D eigenvalue weighted by molar-refractivity contribution is 0.751. The summed E-state index contributed by atoms with van der Waals surface area (Å²) >= 11 is 1.64. The second-order valence-corrected chi connectivity index (χ2v) is 4.26. The van der Waals surface area contributed by atoms with Crippen molar-refractivity contribution in [2.45, 2.75) is 19.4 Å². The molecular formula is C7H12N4S. The van der Waals surface area contributed by atoms with E-state index in [1.54, 1.807) is 11.3 Å². The summed E-state index contributed by atoms with van der Waals surface area (Å²) in [6, 6.07) is 0.314. The standard InChI is InChI=1S/C7H12N4S/c1-5-9-10-7(12-5)11-3-2-6(8)4-11/h6H,2-4,8H2,1H3. The smallest absolute Gasteiger partial charge is 0.208 e. The zero-order valence-corrected chi connectivity index (χ0v) is 7.84. The largest absolute Gasteiger partial charge is 0.345 e. The van der Waals surface area contributed by atoms with Crippen molar-refractivity contribution < 1.29 is 0 Å². The molecule has 4 nitrogen and oxygen atoms in total. The van der Waals surface area contributed by atoms with Crippen LogP contribution in [-0.2, 0) is 0 Å². The first-order valence-electron chi connectivity index (χ1n) is 4.06. The molecule has 1 fully saturated rings. The fourth-order valence-corrected chi connectivity index (χ4v) is 2.10. The summed E-state index contributed by atoms with van der Waals surface area (Å²) in [4.78, 5) is 2.20. The van der Waals surface area contributed by atoms with Crippen LogP contribution >= 0.6 is 11.3 Å². The maximum absolute atomic E-state index is 5.78. The normalized spacial score (nSPS) is 23.5. The summed E-state index contributed by atoms with van der Waals surface area (Å²) in [5.74, 6) is 0. The van der Waals surface area contributed by atoms with Gasteiger partial charge in [0.05, 0.1) is 0 Å². The molecule has 2 rings (SSSR count). The van der Waals surface area contributed by atoms with E-state index in [9.17, 15) is 0 Å². The molecule has 1 unspecified atom stereocenters. The van der Waals surface area contributed by atoms with Crippen LogP contribution in [0.3, 0.4) is 0 Å². The summed E-state index contributed by atoms with van der Waals surface area (Å²) in [6.07, 6.45) is 1.07. The predicted octanol–water partition coefficient (Wildman–Crippen LogP) is 0.384. The molecule has 0 bridgehead atoms. The lowest BCUT2D eigenvalue weighted by Crippen LogP contribution is -2.26. The molecule has 1 aliphatic rings. The monoisotopic (exact) mass is 184 g/mol. The number of nitrogens with two attached hydrogens (primary N) is 1. The van der Waals surface area contributed by atoms with Crippen LogP contribution in [0.2, 0.25) is 0 Å². The number of hydrogen-bond donors (Lipinski definition) is 1. The van der Waals surface area contributed by atoms with Gasteiger partial charge in [-0.25, -0.2) is 0 Å². The van der Waals surface area contributed by atoms with Gasteiger partial charge in [-0.1, -0.05) is 11.3 Å². The number of rotatable bonds is 1. The quantitative estimate of drug-likeness (QED) is 0.685. The van der Waals surface area contributed by atoms with Crippen molar-refractivity contribution in [1.82, 2.24) is 10.2 Å². The van der Waals surface area contributed by atoms with Gasteiger partial charge in [-0.2, -0.15) is 0 Å². The minimum Gasteiger partial charge on any atom is -0.345 e. The maximum Gasteiger partial charge on any atom is 0.208 e. The van der Waals surface area contributed by atoms with Crippen molar-refractivity contribution in [3.8, 4) is 0 Å². The second kappa shape index (κ2) is 2.99. The molecular weight excluding hydrogens is 172 g/mol. The maximum atomic E-state index is 5.78. The Hall–Kier alpha value is -0.680. The molecule has 1 aromatic heterocycles. The minimum absolute atomic E-state index is 0.314. The molecule has 2 N–H and O–H groups in total. The Bertz CT molecular complexity index is 272. The van der Waals surface area contributed by atoms with Crippen LogP contribution in [0.1, 0.15) is 11.4 Å². The summed E-state index contributed by atoms with van der Waals surface area (Å²) in [6.45, 7) is 3.92. The van der Waals surface area contributed by atoms with Gasteiger partial charge in [0.1, 0.15) is 5.01 Å². The number of anilines is 1. The molecule has 0 aromatic carbocycles. The molecule has 0 aliphatic carbocycles. The first-order valence-corrected chi connectivity index (χ1v) is 4.88. The van der Waals surface area contributed by atoms with E-state index in [4.69, 9.17) is 5.73 Å². The fourth-order valence-electron chi connectivity index (χ4n) is 1.37. The van der Waals surface area contributed by atoms with Gasteiger partial charge < -0.3 is 10.6 Å². The topological polar surface area (TPSA) is 55.0 Å². The van der Waals surface area contributed by atoms with Gasteiger partial charge in [-0.3, -0.25) is 0 Å². The molecule has 5 heteroatoms. The lowest BCUT2D eigenvalue weighted by Gasteiger charge is -2.11. The first-order chi connectivity index (χ1) is 5.75. The molecule has 1 saturated heterocycles. The van der Waals surface area contributed by atoms with Gasteiger partial charge in [0.2, 0.25) is 5.13 Å². The van der Waals surface area contributed by atoms with Crippen molar-refractivity contribution in [2.75, 3.05) is 18.0 Å². The third-order valence-electron chi connectivity index (χ3n) is 2.01. The number of hydrogen-bond acceptors (Lipinski definition) is 5. The van der Waals surface area contributed by atoms with Gasteiger partial charge in [0.25, 0.3) is 0 Å². The third-order valence-corrected chi connectivity index (χ3v) is 2.91. The van der Waals surface area contributed by atoms with Gasteiger partial charge in [0.15, 0.2) is 0 Å². The number of aromatic nitrogens is 2. The van der Waals surface area contributed by atoms with Crippen molar-refractivity contribution in [3.05, 3.63) is 5.01 Å². The van der Waals surface area contributed by atoms with E-state index in [1.807, 2.05) is 6.92 Å². The zero-order valence-electron chi connectivity index (χ0n) is 7.03. The number of nitrogens with zero attached hydrogens (tertiary/aromatic N) is 3. The average molecular weight is 184 g/mol. The van der Waals surface area contributed by atoms with Crippen molar-refractivity contribution in [1.29, 1.82) is 0 Å². The Labute approximate surface area is 75.4 Å². The van der Waals surface area contributed by atoms with E-state index in [0.717, 1.165) is 29.6 Å². The minimum atomic E-state index is 0.314. The highest BCUT2D eigenvalue weighted by Gasteiger charge is 2.21. The van der Waals surface area contributed by atoms with E-state index >= 15 is 0 Å². The van der Waals surface area contributed by atoms with Gasteiger partial charge in [0, 0.05) is 19.1 Å². The average Bonchev–Trinajstić information content (AvgIpc) is 2.58. The van der Waals surface area contributed by atoms with Crippen LogP contribution in [-0.4, -0.2) is 29.3 Å². The SMILES string of the molecule is Cc1nnc(N2CCC(N)C2)s1. The van der Waals surface area contributed by atoms with Gasteiger partial charge >= 0.3 is 0 Å². The molecule has 0 spiro atoms. The molecule has 0 amide bonds. The van der Waals surface area contributed by atoms with Crippen LogP contribution in [0.15, 0.2) is 0 Å². The highest BCUT2D eigenvalue weighted by atomic mass is 32.1. The predicted molar refractivity (Wildman–Crippen MR) is 49.5 cm³/mol. The van der Waals surface area contributed by atoms with Gasteiger partial charge in [-0.05, 0) is 13.3 Å². The summed E-state index contributed by atoms with van der Waals surface area (Å²) in [5, 5.41) is 10.1. The Balaban J connectivity index is 2.11. The molecule has 0 radical (unpaired) electrons. The van der Waals surface area contributed by atoms with E-state index in [1.165, 1.54) is 0 Å². The zero-order chi connectivity index (χ0) is 8.55. The molecule has 2 heterocycles. The Kier molecular flexibility index (Phi) is 1.98. The fraction of sp³-hybridized carbons (Fsp3) is 0.714.